The van der Waals surface area contributed by atoms with Gasteiger partial charge in [0.05, 0.1) is 0 Å². The van der Waals surface area contributed by atoms with Gasteiger partial charge in [0.1, 0.15) is 6.17 Å². The Hall–Kier alpha value is -0.150. The van der Waals surface area contributed by atoms with Crippen LogP contribution in [0.4, 0.5) is 4.39 Å². The highest BCUT2D eigenvalue weighted by Crippen LogP contribution is 2.24. The molecule has 0 aromatic rings. The largest absolute Gasteiger partial charge is 0.298 e. The third-order valence-electron chi connectivity index (χ3n) is 3.62. The summed E-state index contributed by atoms with van der Waals surface area (Å²) >= 11 is 0. The predicted molar refractivity (Wildman–Crippen MR) is 56.2 cm³/mol. The average Bonchev–Trinajstić information content (AvgIpc) is 2.16. The lowest BCUT2D eigenvalue weighted by molar-refractivity contribution is 0.0103. The first kappa shape index (κ1) is 10.4. The van der Waals surface area contributed by atoms with Crippen molar-refractivity contribution in [2.24, 2.45) is 0 Å². The van der Waals surface area contributed by atoms with E-state index in [0.717, 1.165) is 39.0 Å². The van der Waals surface area contributed by atoms with Crippen LogP contribution in [0.3, 0.4) is 0 Å². The summed E-state index contributed by atoms with van der Waals surface area (Å²) in [5.41, 5.74) is 0. The van der Waals surface area contributed by atoms with Crippen molar-refractivity contribution in [1.29, 1.82) is 0 Å². The van der Waals surface area contributed by atoms with Crippen molar-refractivity contribution in [2.45, 2.75) is 44.9 Å². The van der Waals surface area contributed by atoms with Crippen LogP contribution in [0.1, 0.15) is 26.7 Å². The highest BCUT2D eigenvalue weighted by Gasteiger charge is 2.33. The van der Waals surface area contributed by atoms with Gasteiger partial charge in [0.15, 0.2) is 0 Å². The molecule has 0 aliphatic carbocycles. The maximum Gasteiger partial charge on any atom is 0.103 e. The Bertz CT molecular complexity index is 196. The van der Waals surface area contributed by atoms with Crippen molar-refractivity contribution in [3.63, 3.8) is 0 Å². The van der Waals surface area contributed by atoms with E-state index >= 15 is 0 Å². The van der Waals surface area contributed by atoms with Gasteiger partial charge < -0.3 is 0 Å². The zero-order valence-electron chi connectivity index (χ0n) is 9.25. The van der Waals surface area contributed by atoms with E-state index in [1.54, 1.807) is 0 Å². The quantitative estimate of drug-likeness (QED) is 0.633. The second kappa shape index (κ2) is 4.15. The number of fused-ring (bicyclic) bond motifs is 1. The lowest BCUT2D eigenvalue weighted by atomic mass is 9.97. The standard InChI is InChI=1S/C11H21FN2/c1-9(2)14-6-5-13-4-3-10(12)7-11(13)8-14/h9-11H,3-8H2,1-2H3. The predicted octanol–water partition coefficient (Wildman–Crippen LogP) is 1.51. The Morgan fingerprint density at radius 3 is 2.71 bits per heavy atom. The molecule has 2 unspecified atom stereocenters. The van der Waals surface area contributed by atoms with Gasteiger partial charge in [0.2, 0.25) is 0 Å². The average molecular weight is 200 g/mol. The molecule has 2 heterocycles. The molecule has 82 valence electrons. The van der Waals surface area contributed by atoms with Crippen molar-refractivity contribution < 1.29 is 4.39 Å². The normalized spacial score (nSPS) is 36.0. The second-order valence-electron chi connectivity index (χ2n) is 4.90. The number of piperidine rings is 1. The molecule has 0 spiro atoms. The van der Waals surface area contributed by atoms with Crippen LogP contribution in [-0.4, -0.2) is 54.2 Å². The molecule has 2 atom stereocenters. The van der Waals surface area contributed by atoms with Gasteiger partial charge in [0, 0.05) is 38.3 Å². The topological polar surface area (TPSA) is 6.48 Å². The first-order chi connectivity index (χ1) is 6.66. The lowest BCUT2D eigenvalue weighted by Crippen LogP contribution is -2.57. The second-order valence-corrected chi connectivity index (χ2v) is 4.90. The van der Waals surface area contributed by atoms with E-state index in [2.05, 4.69) is 23.6 Å². The summed E-state index contributed by atoms with van der Waals surface area (Å²) in [6.45, 7) is 8.79. The fourth-order valence-electron chi connectivity index (χ4n) is 2.62. The molecule has 0 amide bonds. The van der Waals surface area contributed by atoms with Crippen LogP contribution in [0, 0.1) is 0 Å². The summed E-state index contributed by atoms with van der Waals surface area (Å²) in [4.78, 5) is 4.94. The van der Waals surface area contributed by atoms with Crippen molar-refractivity contribution in [2.75, 3.05) is 26.2 Å². The SMILES string of the molecule is CC(C)N1CCN2CCC(F)CC2C1. The highest BCUT2D eigenvalue weighted by atomic mass is 19.1. The van der Waals surface area contributed by atoms with Crippen LogP contribution >= 0.6 is 0 Å². The molecule has 0 N–H and O–H groups in total. The Kier molecular flexibility index (Phi) is 3.07. The van der Waals surface area contributed by atoms with Crippen LogP contribution < -0.4 is 0 Å². The molecular weight excluding hydrogens is 179 g/mol. The number of rotatable bonds is 1. The molecule has 2 saturated heterocycles. The van der Waals surface area contributed by atoms with Gasteiger partial charge in [-0.15, -0.1) is 0 Å². The number of halogens is 1. The minimum Gasteiger partial charge on any atom is -0.298 e. The summed E-state index contributed by atoms with van der Waals surface area (Å²) in [6, 6.07) is 1.09. The molecule has 0 radical (unpaired) electrons. The zero-order chi connectivity index (χ0) is 10.1. The summed E-state index contributed by atoms with van der Waals surface area (Å²) < 4.78 is 13.2. The van der Waals surface area contributed by atoms with Crippen LogP contribution in [0.2, 0.25) is 0 Å². The van der Waals surface area contributed by atoms with E-state index in [1.165, 1.54) is 0 Å². The number of alkyl halides is 1. The summed E-state index contributed by atoms with van der Waals surface area (Å²) in [7, 11) is 0. The van der Waals surface area contributed by atoms with Gasteiger partial charge in [-0.1, -0.05) is 0 Å². The number of hydrogen-bond acceptors (Lipinski definition) is 2. The smallest absolute Gasteiger partial charge is 0.103 e. The van der Waals surface area contributed by atoms with Crippen LogP contribution in [0.25, 0.3) is 0 Å². The molecule has 0 aromatic carbocycles. The molecule has 2 aliphatic rings. The summed E-state index contributed by atoms with van der Waals surface area (Å²) in [5, 5.41) is 0. The molecule has 2 rings (SSSR count). The first-order valence-electron chi connectivity index (χ1n) is 5.79. The summed E-state index contributed by atoms with van der Waals surface area (Å²) in [5.74, 6) is 0. The van der Waals surface area contributed by atoms with Crippen LogP contribution in [0.5, 0.6) is 0 Å². The maximum atomic E-state index is 13.2. The first-order valence-corrected chi connectivity index (χ1v) is 5.79. The van der Waals surface area contributed by atoms with Crippen molar-refractivity contribution >= 4 is 0 Å². The van der Waals surface area contributed by atoms with Crippen LogP contribution in [-0.2, 0) is 0 Å². The minimum absolute atomic E-state index is 0.481. The number of nitrogens with zero attached hydrogens (tertiary/aromatic N) is 2. The van der Waals surface area contributed by atoms with Gasteiger partial charge in [0.25, 0.3) is 0 Å². The zero-order valence-corrected chi connectivity index (χ0v) is 9.25. The molecule has 14 heavy (non-hydrogen) atoms. The fraction of sp³-hybridized carbons (Fsp3) is 1.00. The van der Waals surface area contributed by atoms with E-state index in [4.69, 9.17) is 0 Å². The van der Waals surface area contributed by atoms with Crippen LogP contribution in [0.15, 0.2) is 0 Å². The van der Waals surface area contributed by atoms with E-state index in [1.807, 2.05) is 0 Å². The van der Waals surface area contributed by atoms with E-state index in [0.29, 0.717) is 12.1 Å². The lowest BCUT2D eigenvalue weighted by Gasteiger charge is -2.46. The van der Waals surface area contributed by atoms with Gasteiger partial charge in [-0.05, 0) is 26.7 Å². The monoisotopic (exact) mass is 200 g/mol. The molecule has 0 aromatic heterocycles. The third-order valence-corrected chi connectivity index (χ3v) is 3.62. The molecule has 3 heteroatoms. The number of hydrogen-bond donors (Lipinski definition) is 0. The Morgan fingerprint density at radius 2 is 2.00 bits per heavy atom. The van der Waals surface area contributed by atoms with Gasteiger partial charge in [-0.25, -0.2) is 4.39 Å². The van der Waals surface area contributed by atoms with Crippen molar-refractivity contribution in [3.05, 3.63) is 0 Å². The molecule has 2 aliphatic heterocycles. The molecule has 2 fully saturated rings. The Morgan fingerprint density at radius 1 is 1.21 bits per heavy atom. The van der Waals surface area contributed by atoms with Crippen molar-refractivity contribution in [3.8, 4) is 0 Å². The molecule has 0 bridgehead atoms. The van der Waals surface area contributed by atoms with Gasteiger partial charge in [-0.3, -0.25) is 9.80 Å². The summed E-state index contributed by atoms with van der Waals surface area (Å²) in [6.07, 6.45) is 0.949. The Labute approximate surface area is 86.1 Å². The minimum atomic E-state index is -0.552. The van der Waals surface area contributed by atoms with E-state index in [9.17, 15) is 4.39 Å². The van der Waals surface area contributed by atoms with Crippen molar-refractivity contribution in [1.82, 2.24) is 9.80 Å². The molecular formula is C11H21FN2. The highest BCUT2D eigenvalue weighted by molar-refractivity contribution is 4.88. The van der Waals surface area contributed by atoms with E-state index < -0.39 is 6.17 Å². The van der Waals surface area contributed by atoms with Gasteiger partial charge in [-0.2, -0.15) is 0 Å². The third kappa shape index (κ3) is 2.09. The fourth-order valence-corrected chi connectivity index (χ4v) is 2.62. The maximum absolute atomic E-state index is 13.2. The Balaban J connectivity index is 1.93. The van der Waals surface area contributed by atoms with Gasteiger partial charge >= 0.3 is 0 Å². The number of piperazine rings is 1. The molecule has 2 nitrogen and oxygen atoms in total. The van der Waals surface area contributed by atoms with E-state index in [-0.39, 0.29) is 0 Å². The molecule has 0 saturated carbocycles.